The zero-order chi connectivity index (χ0) is 13.4. The molecule has 2 heterocycles. The first-order valence-corrected chi connectivity index (χ1v) is 6.16. The SMILES string of the molecule is O=c1[nH]c(=O)n(Cc2ccc(Cl)cc2)c2c1CC=N2. The molecule has 0 spiro atoms. The van der Waals surface area contributed by atoms with Gasteiger partial charge in [-0.2, -0.15) is 0 Å². The summed E-state index contributed by atoms with van der Waals surface area (Å²) in [6, 6.07) is 7.20. The van der Waals surface area contributed by atoms with Crippen molar-refractivity contribution in [1.29, 1.82) is 0 Å². The number of hydrogen-bond donors (Lipinski definition) is 1. The lowest BCUT2D eigenvalue weighted by atomic mass is 10.2. The number of H-pyrrole nitrogens is 1. The van der Waals surface area contributed by atoms with Crippen LogP contribution in [0, 0.1) is 0 Å². The van der Waals surface area contributed by atoms with Gasteiger partial charge in [0.15, 0.2) is 0 Å². The largest absolute Gasteiger partial charge is 0.330 e. The standard InChI is InChI=1S/C13H10ClN3O2/c14-9-3-1-8(2-4-9)7-17-11-10(5-6-15-11)12(18)16-13(17)19/h1-4,6H,5,7H2,(H,16,18,19). The van der Waals surface area contributed by atoms with E-state index in [2.05, 4.69) is 9.98 Å². The molecule has 0 saturated heterocycles. The van der Waals surface area contributed by atoms with E-state index in [1.165, 1.54) is 4.57 Å². The summed E-state index contributed by atoms with van der Waals surface area (Å²) >= 11 is 5.82. The van der Waals surface area contributed by atoms with E-state index < -0.39 is 5.69 Å². The third kappa shape index (κ3) is 2.13. The van der Waals surface area contributed by atoms with Gasteiger partial charge in [-0.25, -0.2) is 9.79 Å². The molecule has 0 saturated carbocycles. The van der Waals surface area contributed by atoms with Crippen LogP contribution in [0.1, 0.15) is 11.1 Å². The molecule has 96 valence electrons. The van der Waals surface area contributed by atoms with E-state index in [0.717, 1.165) is 5.56 Å². The number of aliphatic imine (C=N–C) groups is 1. The topological polar surface area (TPSA) is 67.2 Å². The van der Waals surface area contributed by atoms with Gasteiger partial charge in [0, 0.05) is 17.7 Å². The fraction of sp³-hybridized carbons (Fsp3) is 0.154. The molecule has 1 aliphatic heterocycles. The third-order valence-corrected chi connectivity index (χ3v) is 3.28. The number of fused-ring (bicyclic) bond motifs is 1. The second-order valence-electron chi connectivity index (χ2n) is 4.29. The highest BCUT2D eigenvalue weighted by molar-refractivity contribution is 6.30. The van der Waals surface area contributed by atoms with Crippen LogP contribution in [0.2, 0.25) is 5.02 Å². The molecule has 0 bridgehead atoms. The number of benzene rings is 1. The summed E-state index contributed by atoms with van der Waals surface area (Å²) in [5.41, 5.74) is 0.652. The van der Waals surface area contributed by atoms with Crippen LogP contribution >= 0.6 is 11.6 Å². The van der Waals surface area contributed by atoms with Crippen LogP contribution in [0.15, 0.2) is 38.8 Å². The monoisotopic (exact) mass is 275 g/mol. The number of rotatable bonds is 2. The Balaban J connectivity index is 2.09. The second kappa shape index (κ2) is 4.51. The molecular weight excluding hydrogens is 266 g/mol. The minimum absolute atomic E-state index is 0.354. The first-order valence-electron chi connectivity index (χ1n) is 5.78. The van der Waals surface area contributed by atoms with Crippen molar-refractivity contribution in [2.45, 2.75) is 13.0 Å². The van der Waals surface area contributed by atoms with E-state index in [9.17, 15) is 9.59 Å². The fourth-order valence-corrected chi connectivity index (χ4v) is 2.20. The van der Waals surface area contributed by atoms with Gasteiger partial charge >= 0.3 is 5.69 Å². The third-order valence-electron chi connectivity index (χ3n) is 3.03. The molecule has 0 unspecified atom stereocenters. The van der Waals surface area contributed by atoms with Gasteiger partial charge < -0.3 is 0 Å². The molecule has 0 amide bonds. The lowest BCUT2D eigenvalue weighted by molar-refractivity contribution is 0.721. The zero-order valence-electron chi connectivity index (χ0n) is 9.89. The van der Waals surface area contributed by atoms with Gasteiger partial charge in [-0.15, -0.1) is 0 Å². The van der Waals surface area contributed by atoms with Gasteiger partial charge in [0.25, 0.3) is 5.56 Å². The van der Waals surface area contributed by atoms with Gasteiger partial charge in [-0.1, -0.05) is 23.7 Å². The Morgan fingerprint density at radius 1 is 1.26 bits per heavy atom. The van der Waals surface area contributed by atoms with Crippen molar-refractivity contribution in [3.63, 3.8) is 0 Å². The van der Waals surface area contributed by atoms with Crippen molar-refractivity contribution in [2.24, 2.45) is 4.99 Å². The normalized spacial score (nSPS) is 12.7. The van der Waals surface area contributed by atoms with E-state index in [-0.39, 0.29) is 5.56 Å². The molecule has 5 nitrogen and oxygen atoms in total. The molecule has 2 aromatic rings. The van der Waals surface area contributed by atoms with Crippen LogP contribution < -0.4 is 11.2 Å². The summed E-state index contributed by atoms with van der Waals surface area (Å²) < 4.78 is 1.46. The van der Waals surface area contributed by atoms with Gasteiger partial charge in [0.05, 0.1) is 12.1 Å². The highest BCUT2D eigenvalue weighted by atomic mass is 35.5. The maximum atomic E-state index is 11.9. The predicted molar refractivity (Wildman–Crippen MR) is 73.7 cm³/mol. The molecule has 3 rings (SSSR count). The van der Waals surface area contributed by atoms with Crippen molar-refractivity contribution in [3.05, 3.63) is 61.3 Å². The van der Waals surface area contributed by atoms with Crippen LogP contribution in [0.3, 0.4) is 0 Å². The Kier molecular flexibility index (Phi) is 2.83. The van der Waals surface area contributed by atoms with Crippen LogP contribution in [0.25, 0.3) is 0 Å². The van der Waals surface area contributed by atoms with E-state index >= 15 is 0 Å². The molecular formula is C13H10ClN3O2. The Morgan fingerprint density at radius 3 is 2.74 bits per heavy atom. The number of hydrogen-bond acceptors (Lipinski definition) is 3. The maximum absolute atomic E-state index is 11.9. The summed E-state index contributed by atoms with van der Waals surface area (Å²) in [4.78, 5) is 29.9. The molecule has 1 aromatic heterocycles. The lowest BCUT2D eigenvalue weighted by Crippen LogP contribution is -2.31. The highest BCUT2D eigenvalue weighted by Crippen LogP contribution is 2.20. The average Bonchev–Trinajstić information content (AvgIpc) is 2.86. The zero-order valence-corrected chi connectivity index (χ0v) is 10.6. The predicted octanol–water partition coefficient (Wildman–Crippen LogP) is 1.50. The molecule has 1 aromatic carbocycles. The summed E-state index contributed by atoms with van der Waals surface area (Å²) in [6.45, 7) is 0.354. The first kappa shape index (κ1) is 11.9. The molecule has 0 atom stereocenters. The van der Waals surface area contributed by atoms with Crippen LogP contribution in [0.5, 0.6) is 0 Å². The summed E-state index contributed by atoms with van der Waals surface area (Å²) in [5, 5.41) is 0.640. The second-order valence-corrected chi connectivity index (χ2v) is 4.73. The molecule has 19 heavy (non-hydrogen) atoms. The minimum atomic E-state index is -0.447. The summed E-state index contributed by atoms with van der Waals surface area (Å²) in [5.74, 6) is 0.448. The van der Waals surface area contributed by atoms with Crippen molar-refractivity contribution < 1.29 is 0 Å². The van der Waals surface area contributed by atoms with Gasteiger partial charge in [-0.05, 0) is 17.7 Å². The Hall–Kier alpha value is -2.14. The maximum Gasteiger partial charge on any atom is 0.330 e. The van der Waals surface area contributed by atoms with Crippen LogP contribution in [-0.2, 0) is 13.0 Å². The van der Waals surface area contributed by atoms with Crippen molar-refractivity contribution in [3.8, 4) is 0 Å². The highest BCUT2D eigenvalue weighted by Gasteiger charge is 2.17. The van der Waals surface area contributed by atoms with E-state index in [4.69, 9.17) is 11.6 Å². The lowest BCUT2D eigenvalue weighted by Gasteiger charge is -2.09. The number of aromatic nitrogens is 2. The number of halogens is 1. The van der Waals surface area contributed by atoms with Crippen LogP contribution in [-0.4, -0.2) is 15.8 Å². The van der Waals surface area contributed by atoms with Gasteiger partial charge in [0.1, 0.15) is 5.82 Å². The Bertz CT molecular complexity index is 772. The molecule has 0 aliphatic carbocycles. The van der Waals surface area contributed by atoms with Gasteiger partial charge in [0.2, 0.25) is 0 Å². The number of nitrogens with zero attached hydrogens (tertiary/aromatic N) is 2. The number of nitrogens with one attached hydrogen (secondary N) is 1. The van der Waals surface area contributed by atoms with E-state index in [1.54, 1.807) is 18.3 Å². The fourth-order valence-electron chi connectivity index (χ4n) is 2.07. The molecule has 1 N–H and O–H groups in total. The van der Waals surface area contributed by atoms with E-state index in [1.807, 2.05) is 12.1 Å². The minimum Gasteiger partial charge on any atom is -0.274 e. The molecule has 6 heteroatoms. The van der Waals surface area contributed by atoms with Gasteiger partial charge in [-0.3, -0.25) is 14.3 Å². The quantitative estimate of drug-likeness (QED) is 0.902. The number of aromatic amines is 1. The van der Waals surface area contributed by atoms with Crippen molar-refractivity contribution in [2.75, 3.05) is 0 Å². The molecule has 1 aliphatic rings. The molecule has 0 fully saturated rings. The van der Waals surface area contributed by atoms with E-state index in [0.29, 0.717) is 29.4 Å². The smallest absolute Gasteiger partial charge is 0.274 e. The average molecular weight is 276 g/mol. The van der Waals surface area contributed by atoms with Crippen molar-refractivity contribution in [1.82, 2.24) is 9.55 Å². The van der Waals surface area contributed by atoms with Crippen molar-refractivity contribution >= 4 is 23.6 Å². The summed E-state index contributed by atoms with van der Waals surface area (Å²) in [6.07, 6.45) is 2.10. The Morgan fingerprint density at radius 2 is 2.00 bits per heavy atom. The summed E-state index contributed by atoms with van der Waals surface area (Å²) in [7, 11) is 0. The Labute approximate surface area is 113 Å². The first-order chi connectivity index (χ1) is 9.15. The van der Waals surface area contributed by atoms with Crippen LogP contribution in [0.4, 0.5) is 5.82 Å². The molecule has 0 radical (unpaired) electrons.